The van der Waals surface area contributed by atoms with Crippen molar-refractivity contribution in [2.45, 2.75) is 45.6 Å². The maximum atomic E-state index is 13.2. The van der Waals surface area contributed by atoms with Gasteiger partial charge in [-0.25, -0.2) is 9.07 Å². The molecule has 1 unspecified atom stereocenters. The molecule has 0 saturated heterocycles. The monoisotopic (exact) mass is 445 g/mol. The van der Waals surface area contributed by atoms with Gasteiger partial charge in [-0.3, -0.25) is 4.68 Å². The summed E-state index contributed by atoms with van der Waals surface area (Å²) in [5.74, 6) is -0.401. The third-order valence-corrected chi connectivity index (χ3v) is 4.95. The summed E-state index contributed by atoms with van der Waals surface area (Å²) in [6.07, 6.45) is -4.46. The molecule has 162 valence electrons. The Morgan fingerprint density at radius 1 is 1.20 bits per heavy atom. The summed E-state index contributed by atoms with van der Waals surface area (Å²) in [5, 5.41) is 20.6. The predicted molar refractivity (Wildman–Crippen MR) is 104 cm³/mol. The Balaban J connectivity index is 1.84. The Kier molecular flexibility index (Phi) is 6.09. The summed E-state index contributed by atoms with van der Waals surface area (Å²) in [7, 11) is 0. The number of benzene rings is 1. The second-order valence-corrected chi connectivity index (χ2v) is 7.45. The largest absolute Gasteiger partial charge is 0.436 e. The van der Waals surface area contributed by atoms with Crippen LogP contribution < -0.4 is 5.32 Å². The normalized spacial score (nSPS) is 13.1. The summed E-state index contributed by atoms with van der Waals surface area (Å²) in [4.78, 5) is 0. The van der Waals surface area contributed by atoms with Crippen LogP contribution in [-0.4, -0.2) is 30.9 Å². The van der Waals surface area contributed by atoms with E-state index in [1.165, 1.54) is 25.3 Å². The number of aliphatic hydroxyl groups excluding tert-OH is 1. The summed E-state index contributed by atoms with van der Waals surface area (Å²) in [6.45, 7) is 4.97. The molecule has 2 N–H and O–H groups in total. The molecule has 0 amide bonds. The minimum Gasteiger partial charge on any atom is -0.372 e. The van der Waals surface area contributed by atoms with Gasteiger partial charge in [0.2, 0.25) is 0 Å². The van der Waals surface area contributed by atoms with Gasteiger partial charge in [0.1, 0.15) is 12.0 Å². The SMILES string of the molecule is Cc1c(Cl)c(C(F)(F)F)nn1CC(O)Nc1cnn(-c2ccc(F)cc2)c1C(C)C. The highest BCUT2D eigenvalue weighted by Gasteiger charge is 2.38. The van der Waals surface area contributed by atoms with Crippen LogP contribution in [0.3, 0.4) is 0 Å². The number of hydrogen-bond acceptors (Lipinski definition) is 4. The Bertz CT molecular complexity index is 1030. The molecule has 0 aliphatic heterocycles. The molecule has 0 fully saturated rings. The Morgan fingerprint density at radius 2 is 1.83 bits per heavy atom. The van der Waals surface area contributed by atoms with Crippen LogP contribution in [-0.2, 0) is 12.7 Å². The van der Waals surface area contributed by atoms with Gasteiger partial charge in [0.15, 0.2) is 5.69 Å². The fourth-order valence-electron chi connectivity index (χ4n) is 3.08. The average Bonchev–Trinajstić information content (AvgIpc) is 3.18. The van der Waals surface area contributed by atoms with Crippen molar-refractivity contribution in [2.24, 2.45) is 0 Å². The number of alkyl halides is 3. The fraction of sp³-hybridized carbons (Fsp3) is 0.368. The third kappa shape index (κ3) is 4.44. The minimum atomic E-state index is -4.69. The molecule has 0 radical (unpaired) electrons. The lowest BCUT2D eigenvalue weighted by molar-refractivity contribution is -0.141. The molecule has 0 aliphatic rings. The van der Waals surface area contributed by atoms with Crippen LogP contribution in [0.1, 0.15) is 36.8 Å². The van der Waals surface area contributed by atoms with E-state index >= 15 is 0 Å². The van der Waals surface area contributed by atoms with Crippen LogP contribution in [0.15, 0.2) is 30.5 Å². The molecule has 3 aromatic rings. The molecule has 11 heteroatoms. The highest BCUT2D eigenvalue weighted by atomic mass is 35.5. The van der Waals surface area contributed by atoms with E-state index in [4.69, 9.17) is 11.6 Å². The van der Waals surface area contributed by atoms with Crippen molar-refractivity contribution >= 4 is 17.3 Å². The van der Waals surface area contributed by atoms with Gasteiger partial charge in [0, 0.05) is 0 Å². The number of nitrogens with one attached hydrogen (secondary N) is 1. The van der Waals surface area contributed by atoms with Crippen LogP contribution in [0.25, 0.3) is 5.69 Å². The van der Waals surface area contributed by atoms with Gasteiger partial charge in [-0.1, -0.05) is 25.4 Å². The van der Waals surface area contributed by atoms with Crippen molar-refractivity contribution in [3.63, 3.8) is 0 Å². The first-order valence-electron chi connectivity index (χ1n) is 9.07. The van der Waals surface area contributed by atoms with E-state index in [1.807, 2.05) is 13.8 Å². The highest BCUT2D eigenvalue weighted by molar-refractivity contribution is 6.31. The van der Waals surface area contributed by atoms with Gasteiger partial charge in [-0.15, -0.1) is 0 Å². The number of nitrogens with zero attached hydrogens (tertiary/aromatic N) is 4. The Labute approximate surface area is 175 Å². The maximum Gasteiger partial charge on any atom is 0.436 e. The van der Waals surface area contributed by atoms with Crippen LogP contribution >= 0.6 is 11.6 Å². The Hall–Kier alpha value is -2.59. The van der Waals surface area contributed by atoms with Crippen molar-refractivity contribution in [2.75, 3.05) is 5.32 Å². The van der Waals surface area contributed by atoms with Gasteiger partial charge in [0.25, 0.3) is 0 Å². The number of anilines is 1. The molecular weight excluding hydrogens is 426 g/mol. The van der Waals surface area contributed by atoms with Crippen molar-refractivity contribution in [1.29, 1.82) is 0 Å². The molecule has 0 spiro atoms. The smallest absolute Gasteiger partial charge is 0.372 e. The lowest BCUT2D eigenvalue weighted by Crippen LogP contribution is -2.27. The van der Waals surface area contributed by atoms with E-state index in [0.29, 0.717) is 17.1 Å². The lowest BCUT2D eigenvalue weighted by Gasteiger charge is -2.18. The first-order chi connectivity index (χ1) is 14.0. The minimum absolute atomic E-state index is 0.0232. The first-order valence-corrected chi connectivity index (χ1v) is 9.45. The molecule has 6 nitrogen and oxygen atoms in total. The standard InChI is InChI=1S/C19H20ClF4N5O/c1-10(2)17-14(8-25-29(17)13-6-4-12(21)5-7-13)26-15(30)9-28-11(3)16(20)18(27-28)19(22,23)24/h4-8,10,15,26,30H,9H2,1-3H3. The van der Waals surface area contributed by atoms with Gasteiger partial charge in [-0.05, 0) is 37.1 Å². The molecular formula is C19H20ClF4N5O. The van der Waals surface area contributed by atoms with Crippen LogP contribution in [0.2, 0.25) is 5.02 Å². The van der Waals surface area contributed by atoms with Crippen molar-refractivity contribution in [1.82, 2.24) is 19.6 Å². The van der Waals surface area contributed by atoms with E-state index in [0.717, 1.165) is 4.68 Å². The number of rotatable bonds is 6. The molecule has 3 rings (SSSR count). The van der Waals surface area contributed by atoms with Crippen LogP contribution in [0.4, 0.5) is 23.2 Å². The lowest BCUT2D eigenvalue weighted by atomic mass is 10.1. The Morgan fingerprint density at radius 3 is 2.37 bits per heavy atom. The van der Waals surface area contributed by atoms with Crippen LogP contribution in [0.5, 0.6) is 0 Å². The van der Waals surface area contributed by atoms with E-state index in [9.17, 15) is 22.7 Å². The van der Waals surface area contributed by atoms with E-state index < -0.39 is 23.1 Å². The maximum absolute atomic E-state index is 13.2. The number of halogens is 5. The van der Waals surface area contributed by atoms with Crippen molar-refractivity contribution < 1.29 is 22.7 Å². The van der Waals surface area contributed by atoms with Crippen LogP contribution in [0, 0.1) is 12.7 Å². The van der Waals surface area contributed by atoms with Crippen molar-refractivity contribution in [3.05, 3.63) is 58.4 Å². The molecule has 2 heterocycles. The topological polar surface area (TPSA) is 67.9 Å². The zero-order valence-corrected chi connectivity index (χ0v) is 17.1. The molecule has 30 heavy (non-hydrogen) atoms. The zero-order valence-electron chi connectivity index (χ0n) is 16.4. The second kappa shape index (κ2) is 8.27. The molecule has 0 bridgehead atoms. The number of aliphatic hydroxyl groups is 1. The van der Waals surface area contributed by atoms with Gasteiger partial charge < -0.3 is 10.4 Å². The number of hydrogen-bond donors (Lipinski definition) is 2. The number of aromatic nitrogens is 4. The second-order valence-electron chi connectivity index (χ2n) is 7.07. The van der Waals surface area contributed by atoms with E-state index in [-0.39, 0.29) is 24.0 Å². The molecule has 0 saturated carbocycles. The first kappa shape index (κ1) is 22.1. The summed E-state index contributed by atoms with van der Waals surface area (Å²) in [5.41, 5.74) is 0.740. The molecule has 2 aromatic heterocycles. The summed E-state index contributed by atoms with van der Waals surface area (Å²) in [6, 6.07) is 5.77. The van der Waals surface area contributed by atoms with Gasteiger partial charge in [-0.2, -0.15) is 23.4 Å². The van der Waals surface area contributed by atoms with Gasteiger partial charge >= 0.3 is 6.18 Å². The molecule has 1 atom stereocenters. The summed E-state index contributed by atoms with van der Waals surface area (Å²) < 4.78 is 54.8. The fourth-order valence-corrected chi connectivity index (χ4v) is 3.33. The molecule has 1 aromatic carbocycles. The van der Waals surface area contributed by atoms with E-state index in [2.05, 4.69) is 15.5 Å². The third-order valence-electron chi connectivity index (χ3n) is 4.49. The van der Waals surface area contributed by atoms with E-state index in [1.54, 1.807) is 16.8 Å². The van der Waals surface area contributed by atoms with Crippen molar-refractivity contribution in [3.8, 4) is 5.69 Å². The van der Waals surface area contributed by atoms with Gasteiger partial charge in [0.05, 0.1) is 40.5 Å². The quantitative estimate of drug-likeness (QED) is 0.424. The zero-order chi connectivity index (χ0) is 22.2. The average molecular weight is 446 g/mol. The highest BCUT2D eigenvalue weighted by Crippen LogP contribution is 2.35. The predicted octanol–water partition coefficient (Wildman–Crippen LogP) is 4.74. The summed E-state index contributed by atoms with van der Waals surface area (Å²) >= 11 is 5.75. The molecule has 0 aliphatic carbocycles.